The third-order valence-corrected chi connectivity index (χ3v) is 3.86. The van der Waals surface area contributed by atoms with Gasteiger partial charge in [0.1, 0.15) is 11.4 Å². The normalized spacial score (nSPS) is 20.1. The number of nitrogens with zero attached hydrogens (tertiary/aromatic N) is 1. The smallest absolute Gasteiger partial charge is 0.340 e. The highest BCUT2D eigenvalue weighted by molar-refractivity contribution is 5.94. The summed E-state index contributed by atoms with van der Waals surface area (Å²) in [7, 11) is 0. The lowest BCUT2D eigenvalue weighted by Gasteiger charge is -2.32. The molecule has 0 bridgehead atoms. The molecule has 0 aliphatic carbocycles. The van der Waals surface area contributed by atoms with Gasteiger partial charge in [-0.05, 0) is 31.4 Å². The van der Waals surface area contributed by atoms with Gasteiger partial charge in [0.05, 0.1) is 5.69 Å². The molecule has 4 heteroatoms. The van der Waals surface area contributed by atoms with E-state index in [0.29, 0.717) is 11.7 Å². The monoisotopic (exact) mass is 265 g/mol. The Labute approximate surface area is 113 Å². The summed E-state index contributed by atoms with van der Waals surface area (Å²) in [5.41, 5.74) is 0.337. The van der Waals surface area contributed by atoms with E-state index in [1.807, 2.05) is 0 Å². The fraction of sp³-hybridized carbons (Fsp3) is 0.533. The molecule has 104 valence electrons. The number of aromatic carboxylic acids is 1. The average Bonchev–Trinajstić information content (AvgIpc) is 2.62. The summed E-state index contributed by atoms with van der Waals surface area (Å²) in [5.74, 6) is -1.84. The molecule has 2 rings (SSSR count). The zero-order valence-electron chi connectivity index (χ0n) is 11.2. The first kappa shape index (κ1) is 13.8. The van der Waals surface area contributed by atoms with Crippen molar-refractivity contribution >= 4 is 11.7 Å². The first-order valence-corrected chi connectivity index (χ1v) is 6.93. The molecule has 0 radical (unpaired) electrons. The van der Waals surface area contributed by atoms with Gasteiger partial charge >= 0.3 is 5.97 Å². The maximum Gasteiger partial charge on any atom is 0.340 e. The van der Waals surface area contributed by atoms with E-state index in [4.69, 9.17) is 0 Å². The summed E-state index contributed by atoms with van der Waals surface area (Å²) in [6, 6.07) is 4.84. The minimum absolute atomic E-state index is 0.192. The molecule has 1 saturated heterocycles. The zero-order chi connectivity index (χ0) is 13.8. The number of anilines is 1. The minimum atomic E-state index is -1.19. The second-order valence-electron chi connectivity index (χ2n) is 5.04. The summed E-state index contributed by atoms with van der Waals surface area (Å²) in [5, 5.41) is 9.24. The molecule has 1 N–H and O–H groups in total. The lowest BCUT2D eigenvalue weighted by atomic mass is 10.0. The summed E-state index contributed by atoms with van der Waals surface area (Å²) >= 11 is 0. The van der Waals surface area contributed by atoms with Crippen molar-refractivity contribution in [2.45, 2.75) is 45.1 Å². The molecule has 0 aromatic heterocycles. The lowest BCUT2D eigenvalue weighted by molar-refractivity contribution is 0.0692. The van der Waals surface area contributed by atoms with Gasteiger partial charge in [-0.3, -0.25) is 0 Å². The van der Waals surface area contributed by atoms with E-state index in [0.717, 1.165) is 38.6 Å². The number of hydrogen-bond acceptors (Lipinski definition) is 2. The Kier molecular flexibility index (Phi) is 4.40. The molecule has 1 heterocycles. The molecule has 19 heavy (non-hydrogen) atoms. The molecular weight excluding hydrogens is 245 g/mol. The van der Waals surface area contributed by atoms with Crippen molar-refractivity contribution in [3.05, 3.63) is 29.6 Å². The molecule has 0 spiro atoms. The molecular formula is C15H20FNO2. The van der Waals surface area contributed by atoms with Crippen molar-refractivity contribution in [1.82, 2.24) is 0 Å². The van der Waals surface area contributed by atoms with Gasteiger partial charge < -0.3 is 10.0 Å². The maximum absolute atomic E-state index is 13.8. The van der Waals surface area contributed by atoms with E-state index < -0.39 is 11.8 Å². The molecule has 3 nitrogen and oxygen atoms in total. The van der Waals surface area contributed by atoms with Crippen molar-refractivity contribution in [2.24, 2.45) is 0 Å². The van der Waals surface area contributed by atoms with Crippen LogP contribution in [0.1, 0.15) is 49.4 Å². The average molecular weight is 265 g/mol. The van der Waals surface area contributed by atoms with Crippen LogP contribution in [0.15, 0.2) is 18.2 Å². The lowest BCUT2D eigenvalue weighted by Crippen LogP contribution is -2.35. The Morgan fingerprint density at radius 1 is 1.42 bits per heavy atom. The summed E-state index contributed by atoms with van der Waals surface area (Å²) in [4.78, 5) is 13.4. The van der Waals surface area contributed by atoms with E-state index in [2.05, 4.69) is 11.8 Å². The van der Waals surface area contributed by atoms with Crippen molar-refractivity contribution in [3.63, 3.8) is 0 Å². The van der Waals surface area contributed by atoms with Gasteiger partial charge in [-0.1, -0.05) is 25.8 Å². The Hall–Kier alpha value is -1.58. The van der Waals surface area contributed by atoms with Gasteiger partial charge in [0, 0.05) is 12.6 Å². The number of hydrogen-bond donors (Lipinski definition) is 1. The largest absolute Gasteiger partial charge is 0.478 e. The number of carboxylic acid groups (broad SMARTS) is 1. The van der Waals surface area contributed by atoms with E-state index in [-0.39, 0.29) is 5.56 Å². The molecule has 1 aromatic carbocycles. The van der Waals surface area contributed by atoms with Crippen molar-refractivity contribution in [1.29, 1.82) is 0 Å². The Morgan fingerprint density at radius 2 is 2.21 bits per heavy atom. The third-order valence-electron chi connectivity index (χ3n) is 3.86. The Bertz CT molecular complexity index is 461. The van der Waals surface area contributed by atoms with Crippen molar-refractivity contribution in [3.8, 4) is 0 Å². The zero-order valence-corrected chi connectivity index (χ0v) is 11.2. The maximum atomic E-state index is 13.8. The topological polar surface area (TPSA) is 40.5 Å². The standard InChI is InChI=1S/C15H20FNO2/c1-2-11-7-4-3-5-10-17(11)13-9-6-8-12(16)14(13)15(18)19/h6,8-9,11H,2-5,7,10H2,1H3,(H,18,19). The van der Waals surface area contributed by atoms with Crippen LogP contribution < -0.4 is 4.90 Å². The quantitative estimate of drug-likeness (QED) is 0.906. The van der Waals surface area contributed by atoms with E-state index in [1.165, 1.54) is 6.07 Å². The Morgan fingerprint density at radius 3 is 2.89 bits per heavy atom. The van der Waals surface area contributed by atoms with Gasteiger partial charge in [0.15, 0.2) is 0 Å². The van der Waals surface area contributed by atoms with Crippen LogP contribution in [0.25, 0.3) is 0 Å². The minimum Gasteiger partial charge on any atom is -0.478 e. The highest BCUT2D eigenvalue weighted by Gasteiger charge is 2.25. The number of rotatable bonds is 3. The van der Waals surface area contributed by atoms with Gasteiger partial charge in [-0.25, -0.2) is 9.18 Å². The molecule has 1 unspecified atom stereocenters. The van der Waals surface area contributed by atoms with Crippen LogP contribution in [-0.4, -0.2) is 23.7 Å². The Balaban J connectivity index is 2.43. The van der Waals surface area contributed by atoms with E-state index in [9.17, 15) is 14.3 Å². The molecule has 0 saturated carbocycles. The van der Waals surface area contributed by atoms with Crippen molar-refractivity contribution in [2.75, 3.05) is 11.4 Å². The van der Waals surface area contributed by atoms with E-state index in [1.54, 1.807) is 12.1 Å². The van der Waals surface area contributed by atoms with Gasteiger partial charge in [0.2, 0.25) is 0 Å². The van der Waals surface area contributed by atoms with Crippen LogP contribution in [0.2, 0.25) is 0 Å². The molecule has 1 atom stereocenters. The predicted octanol–water partition coefficient (Wildman–Crippen LogP) is 3.68. The first-order chi connectivity index (χ1) is 9.15. The summed E-state index contributed by atoms with van der Waals surface area (Å²) in [6.07, 6.45) is 5.35. The van der Waals surface area contributed by atoms with Gasteiger partial charge in [-0.2, -0.15) is 0 Å². The number of benzene rings is 1. The molecule has 1 fully saturated rings. The van der Waals surface area contributed by atoms with E-state index >= 15 is 0 Å². The van der Waals surface area contributed by atoms with Crippen LogP contribution in [0.3, 0.4) is 0 Å². The second kappa shape index (κ2) is 6.04. The number of carbonyl (C=O) groups is 1. The second-order valence-corrected chi connectivity index (χ2v) is 5.04. The fourth-order valence-corrected chi connectivity index (χ4v) is 2.88. The van der Waals surface area contributed by atoms with Gasteiger partial charge in [-0.15, -0.1) is 0 Å². The number of halogens is 1. The number of carboxylic acids is 1. The van der Waals surface area contributed by atoms with Crippen LogP contribution in [0.4, 0.5) is 10.1 Å². The van der Waals surface area contributed by atoms with Crippen LogP contribution >= 0.6 is 0 Å². The molecule has 1 aromatic rings. The molecule has 0 amide bonds. The first-order valence-electron chi connectivity index (χ1n) is 6.93. The summed E-state index contributed by atoms with van der Waals surface area (Å²) in [6.45, 7) is 2.91. The fourth-order valence-electron chi connectivity index (χ4n) is 2.88. The highest BCUT2D eigenvalue weighted by atomic mass is 19.1. The van der Waals surface area contributed by atoms with Crippen LogP contribution in [0, 0.1) is 5.82 Å². The molecule has 1 aliphatic rings. The van der Waals surface area contributed by atoms with Crippen LogP contribution in [-0.2, 0) is 0 Å². The van der Waals surface area contributed by atoms with Crippen LogP contribution in [0.5, 0.6) is 0 Å². The predicted molar refractivity (Wildman–Crippen MR) is 73.3 cm³/mol. The summed E-state index contributed by atoms with van der Waals surface area (Å²) < 4.78 is 13.8. The van der Waals surface area contributed by atoms with Gasteiger partial charge in [0.25, 0.3) is 0 Å². The highest BCUT2D eigenvalue weighted by Crippen LogP contribution is 2.30. The van der Waals surface area contributed by atoms with Crippen molar-refractivity contribution < 1.29 is 14.3 Å². The molecule has 1 aliphatic heterocycles. The SMILES string of the molecule is CCC1CCCCCN1c1cccc(F)c1C(=O)O. The third kappa shape index (κ3) is 2.88.